The first-order valence-electron chi connectivity index (χ1n) is 5.68. The maximum absolute atomic E-state index is 11.5. The van der Waals surface area contributed by atoms with Gasteiger partial charge in [0, 0.05) is 18.3 Å². The maximum Gasteiger partial charge on any atom is 0.313 e. The van der Waals surface area contributed by atoms with Gasteiger partial charge in [0.1, 0.15) is 5.52 Å². The third-order valence-electron chi connectivity index (χ3n) is 2.80. The van der Waals surface area contributed by atoms with Crippen molar-refractivity contribution in [1.29, 1.82) is 0 Å². The molecule has 1 aromatic heterocycles. The molecule has 1 N–H and O–H groups in total. The van der Waals surface area contributed by atoms with Crippen LogP contribution < -0.4 is 5.32 Å². The largest absolute Gasteiger partial charge is 0.469 e. The van der Waals surface area contributed by atoms with E-state index in [0.717, 1.165) is 16.8 Å². The molecular weight excluding hydrogens is 232 g/mol. The van der Waals surface area contributed by atoms with Gasteiger partial charge in [-0.3, -0.25) is 4.79 Å². The summed E-state index contributed by atoms with van der Waals surface area (Å²) in [5.41, 5.74) is 1.84. The van der Waals surface area contributed by atoms with Crippen LogP contribution in [-0.4, -0.2) is 24.6 Å². The van der Waals surface area contributed by atoms with Crippen molar-refractivity contribution in [2.45, 2.75) is 13.8 Å². The molecule has 0 atom stereocenters. The SMILES string of the molecule is COC(=O)C(C)(C)CNc1ccc2ncoc2c1. The molecule has 0 saturated heterocycles. The van der Waals surface area contributed by atoms with Crippen molar-refractivity contribution in [2.24, 2.45) is 5.41 Å². The quantitative estimate of drug-likeness (QED) is 0.842. The Labute approximate surface area is 105 Å². The summed E-state index contributed by atoms with van der Waals surface area (Å²) in [7, 11) is 1.39. The first-order chi connectivity index (χ1) is 8.53. The van der Waals surface area contributed by atoms with E-state index in [1.165, 1.54) is 13.5 Å². The molecule has 0 saturated carbocycles. The van der Waals surface area contributed by atoms with Crippen molar-refractivity contribution in [2.75, 3.05) is 19.0 Å². The number of carbonyl (C=O) groups is 1. The van der Waals surface area contributed by atoms with Gasteiger partial charge < -0.3 is 14.5 Å². The molecule has 0 spiro atoms. The van der Waals surface area contributed by atoms with Crippen molar-refractivity contribution < 1.29 is 13.9 Å². The van der Waals surface area contributed by atoms with Gasteiger partial charge in [-0.05, 0) is 26.0 Å². The highest BCUT2D eigenvalue weighted by Crippen LogP contribution is 2.21. The Morgan fingerprint density at radius 2 is 2.28 bits per heavy atom. The average Bonchev–Trinajstić information content (AvgIpc) is 2.82. The highest BCUT2D eigenvalue weighted by molar-refractivity contribution is 5.78. The lowest BCUT2D eigenvalue weighted by molar-refractivity contribution is -0.149. The van der Waals surface area contributed by atoms with Gasteiger partial charge >= 0.3 is 5.97 Å². The van der Waals surface area contributed by atoms with Gasteiger partial charge in [-0.1, -0.05) is 0 Å². The van der Waals surface area contributed by atoms with Crippen molar-refractivity contribution in [3.05, 3.63) is 24.6 Å². The van der Waals surface area contributed by atoms with Crippen molar-refractivity contribution >= 4 is 22.8 Å². The van der Waals surface area contributed by atoms with E-state index in [4.69, 9.17) is 9.15 Å². The zero-order valence-corrected chi connectivity index (χ0v) is 10.7. The lowest BCUT2D eigenvalue weighted by Gasteiger charge is -2.22. The van der Waals surface area contributed by atoms with Crippen LogP contribution in [-0.2, 0) is 9.53 Å². The second-order valence-electron chi connectivity index (χ2n) is 4.76. The molecule has 1 aromatic carbocycles. The van der Waals surface area contributed by atoms with Crippen LogP contribution in [0.4, 0.5) is 5.69 Å². The van der Waals surface area contributed by atoms with Gasteiger partial charge in [-0.15, -0.1) is 0 Å². The third kappa shape index (κ3) is 2.45. The molecule has 0 unspecified atom stereocenters. The number of hydrogen-bond donors (Lipinski definition) is 1. The minimum Gasteiger partial charge on any atom is -0.469 e. The highest BCUT2D eigenvalue weighted by Gasteiger charge is 2.28. The van der Waals surface area contributed by atoms with E-state index in [0.29, 0.717) is 6.54 Å². The fraction of sp³-hybridized carbons (Fsp3) is 0.385. The van der Waals surface area contributed by atoms with E-state index in [9.17, 15) is 4.79 Å². The molecule has 0 aliphatic rings. The molecule has 2 aromatic rings. The monoisotopic (exact) mass is 248 g/mol. The van der Waals surface area contributed by atoms with Gasteiger partial charge in [0.25, 0.3) is 0 Å². The van der Waals surface area contributed by atoms with E-state index in [1.807, 2.05) is 32.0 Å². The van der Waals surface area contributed by atoms with E-state index in [-0.39, 0.29) is 5.97 Å². The second kappa shape index (κ2) is 4.68. The molecule has 0 amide bonds. The fourth-order valence-electron chi connectivity index (χ4n) is 1.64. The Morgan fingerprint density at radius 1 is 1.50 bits per heavy atom. The number of benzene rings is 1. The molecule has 2 rings (SSSR count). The van der Waals surface area contributed by atoms with Crippen LogP contribution in [0.1, 0.15) is 13.8 Å². The van der Waals surface area contributed by atoms with Crippen molar-refractivity contribution in [1.82, 2.24) is 4.98 Å². The lowest BCUT2D eigenvalue weighted by Crippen LogP contribution is -2.33. The predicted octanol–water partition coefficient (Wildman–Crippen LogP) is 2.44. The summed E-state index contributed by atoms with van der Waals surface area (Å²) in [6.07, 6.45) is 1.41. The number of methoxy groups -OCH3 is 1. The van der Waals surface area contributed by atoms with Gasteiger partial charge in [0.05, 0.1) is 12.5 Å². The van der Waals surface area contributed by atoms with Crippen LogP contribution in [0.25, 0.3) is 11.1 Å². The van der Waals surface area contributed by atoms with Crippen LogP contribution in [0.2, 0.25) is 0 Å². The summed E-state index contributed by atoms with van der Waals surface area (Å²) in [6.45, 7) is 4.15. The summed E-state index contributed by atoms with van der Waals surface area (Å²) in [5.74, 6) is -0.240. The van der Waals surface area contributed by atoms with E-state index in [1.54, 1.807) is 0 Å². The normalized spacial score (nSPS) is 11.5. The topological polar surface area (TPSA) is 64.4 Å². The number of ether oxygens (including phenoxy) is 1. The first kappa shape index (κ1) is 12.4. The number of esters is 1. The molecule has 18 heavy (non-hydrogen) atoms. The van der Waals surface area contributed by atoms with Gasteiger partial charge in [-0.2, -0.15) is 0 Å². The lowest BCUT2D eigenvalue weighted by atomic mass is 9.93. The molecular formula is C13H16N2O3. The second-order valence-corrected chi connectivity index (χ2v) is 4.76. The molecule has 0 aliphatic heterocycles. The van der Waals surface area contributed by atoms with Crippen molar-refractivity contribution in [3.63, 3.8) is 0 Å². The molecule has 0 fully saturated rings. The minimum atomic E-state index is -0.578. The molecule has 5 heteroatoms. The first-order valence-corrected chi connectivity index (χ1v) is 5.68. The summed E-state index contributed by atoms with van der Waals surface area (Å²) in [6, 6.07) is 5.63. The van der Waals surface area contributed by atoms with Crippen molar-refractivity contribution in [3.8, 4) is 0 Å². The summed E-state index contributed by atoms with van der Waals surface area (Å²) in [4.78, 5) is 15.6. The number of anilines is 1. The number of carbonyl (C=O) groups excluding carboxylic acids is 1. The summed E-state index contributed by atoms with van der Waals surface area (Å²) < 4.78 is 9.97. The number of aromatic nitrogens is 1. The van der Waals surface area contributed by atoms with Crippen LogP contribution in [0.3, 0.4) is 0 Å². The zero-order chi connectivity index (χ0) is 13.2. The van der Waals surface area contributed by atoms with Crippen LogP contribution in [0.5, 0.6) is 0 Å². The Morgan fingerprint density at radius 3 is 3.00 bits per heavy atom. The third-order valence-corrected chi connectivity index (χ3v) is 2.80. The summed E-state index contributed by atoms with van der Waals surface area (Å²) >= 11 is 0. The van der Waals surface area contributed by atoms with E-state index in [2.05, 4.69) is 10.3 Å². The summed E-state index contributed by atoms with van der Waals surface area (Å²) in [5, 5.41) is 3.19. The standard InChI is InChI=1S/C13H16N2O3/c1-13(2,12(16)17-3)7-14-9-4-5-10-11(6-9)18-8-15-10/h4-6,8,14H,7H2,1-3H3. The van der Waals surface area contributed by atoms with Crippen LogP contribution >= 0.6 is 0 Å². The fourth-order valence-corrected chi connectivity index (χ4v) is 1.64. The molecule has 0 radical (unpaired) electrons. The Hall–Kier alpha value is -2.04. The average molecular weight is 248 g/mol. The number of nitrogens with zero attached hydrogens (tertiary/aromatic N) is 1. The molecule has 0 aliphatic carbocycles. The molecule has 5 nitrogen and oxygen atoms in total. The number of rotatable bonds is 4. The van der Waals surface area contributed by atoms with E-state index >= 15 is 0 Å². The zero-order valence-electron chi connectivity index (χ0n) is 10.7. The van der Waals surface area contributed by atoms with Gasteiger partial charge in [0.2, 0.25) is 0 Å². The van der Waals surface area contributed by atoms with Crippen LogP contribution in [0.15, 0.2) is 29.0 Å². The Kier molecular flexibility index (Phi) is 3.23. The Bertz CT molecular complexity index is 560. The maximum atomic E-state index is 11.5. The van der Waals surface area contributed by atoms with Gasteiger partial charge in [-0.25, -0.2) is 4.98 Å². The number of oxazole rings is 1. The number of fused-ring (bicyclic) bond motifs is 1. The number of nitrogens with one attached hydrogen (secondary N) is 1. The van der Waals surface area contributed by atoms with E-state index < -0.39 is 5.41 Å². The molecule has 0 bridgehead atoms. The smallest absolute Gasteiger partial charge is 0.313 e. The van der Waals surface area contributed by atoms with Crippen LogP contribution in [0, 0.1) is 5.41 Å². The highest BCUT2D eigenvalue weighted by atomic mass is 16.5. The minimum absolute atomic E-state index is 0.240. The number of hydrogen-bond acceptors (Lipinski definition) is 5. The predicted molar refractivity (Wildman–Crippen MR) is 68.3 cm³/mol. The molecule has 1 heterocycles. The molecule has 96 valence electrons. The Balaban J connectivity index is 2.07. The van der Waals surface area contributed by atoms with Gasteiger partial charge in [0.15, 0.2) is 12.0 Å².